The van der Waals surface area contributed by atoms with Crippen molar-refractivity contribution in [2.45, 2.75) is 18.4 Å². The van der Waals surface area contributed by atoms with E-state index in [1.54, 1.807) is 30.3 Å². The van der Waals surface area contributed by atoms with E-state index in [9.17, 15) is 13.2 Å². The first-order valence-corrected chi connectivity index (χ1v) is 8.97. The molecule has 2 aromatic rings. The molecule has 0 unspecified atom stereocenters. The number of halogens is 1. The Hall–Kier alpha value is -1.89. The Morgan fingerprint density at radius 1 is 1.21 bits per heavy atom. The molecule has 2 aromatic carbocycles. The maximum atomic E-state index is 12.7. The minimum absolute atomic E-state index is 0.0682. The Morgan fingerprint density at radius 2 is 1.92 bits per heavy atom. The van der Waals surface area contributed by atoms with Crippen LogP contribution < -0.4 is 4.74 Å². The summed E-state index contributed by atoms with van der Waals surface area (Å²) >= 11 is 5.98. The SMILES string of the molecule is COc1ccc(Cl)cc1CN(C)S(=O)(=O)c1cccc(C(C)=O)c1. The van der Waals surface area contributed by atoms with Crippen LogP contribution in [-0.2, 0) is 16.6 Å². The summed E-state index contributed by atoms with van der Waals surface area (Å²) in [6.45, 7) is 1.49. The molecular weight excluding hydrogens is 350 g/mol. The third kappa shape index (κ3) is 3.95. The second kappa shape index (κ2) is 7.34. The van der Waals surface area contributed by atoms with Crippen molar-refractivity contribution in [2.75, 3.05) is 14.2 Å². The third-order valence-corrected chi connectivity index (χ3v) is 5.62. The van der Waals surface area contributed by atoms with Crippen LogP contribution in [0.25, 0.3) is 0 Å². The van der Waals surface area contributed by atoms with Gasteiger partial charge in [-0.05, 0) is 37.3 Å². The highest BCUT2D eigenvalue weighted by molar-refractivity contribution is 7.89. The summed E-state index contributed by atoms with van der Waals surface area (Å²) in [7, 11) is -0.769. The molecule has 0 aromatic heterocycles. The molecule has 0 radical (unpaired) electrons. The maximum Gasteiger partial charge on any atom is 0.243 e. The van der Waals surface area contributed by atoms with Crippen molar-refractivity contribution < 1.29 is 17.9 Å². The summed E-state index contributed by atoms with van der Waals surface area (Å²) in [6, 6.07) is 11.0. The normalized spacial score (nSPS) is 11.5. The van der Waals surface area contributed by atoms with Crippen molar-refractivity contribution in [1.82, 2.24) is 4.31 Å². The molecule has 0 saturated carbocycles. The number of carbonyl (C=O) groups excluding carboxylic acids is 1. The Morgan fingerprint density at radius 3 is 2.54 bits per heavy atom. The molecule has 0 amide bonds. The van der Waals surface area contributed by atoms with E-state index < -0.39 is 10.0 Å². The lowest BCUT2D eigenvalue weighted by molar-refractivity contribution is 0.101. The van der Waals surface area contributed by atoms with E-state index in [1.807, 2.05) is 0 Å². The predicted octanol–water partition coefficient (Wildman–Crippen LogP) is 3.37. The summed E-state index contributed by atoms with van der Waals surface area (Å²) in [5, 5.41) is 0.496. The summed E-state index contributed by atoms with van der Waals surface area (Å²) in [6.07, 6.45) is 0. The van der Waals surface area contributed by atoms with Crippen molar-refractivity contribution in [2.24, 2.45) is 0 Å². The van der Waals surface area contributed by atoms with Gasteiger partial charge in [-0.3, -0.25) is 4.79 Å². The highest BCUT2D eigenvalue weighted by atomic mass is 35.5. The van der Waals surface area contributed by atoms with Gasteiger partial charge in [0.05, 0.1) is 12.0 Å². The second-order valence-electron chi connectivity index (χ2n) is 5.30. The molecule has 0 atom stereocenters. The summed E-state index contributed by atoms with van der Waals surface area (Å²) in [5.41, 5.74) is 1.00. The highest BCUT2D eigenvalue weighted by Gasteiger charge is 2.23. The molecular formula is C17H18ClNO4S. The van der Waals surface area contributed by atoms with Gasteiger partial charge in [0, 0.05) is 29.7 Å². The highest BCUT2D eigenvalue weighted by Crippen LogP contribution is 2.26. The number of sulfonamides is 1. The van der Waals surface area contributed by atoms with Crippen LogP contribution in [0.1, 0.15) is 22.8 Å². The molecule has 7 heteroatoms. The maximum absolute atomic E-state index is 12.7. The Bertz CT molecular complexity index is 865. The van der Waals surface area contributed by atoms with Crippen LogP contribution in [0, 0.1) is 0 Å². The summed E-state index contributed by atoms with van der Waals surface area (Å²) in [4.78, 5) is 11.5. The van der Waals surface area contributed by atoms with Crippen molar-refractivity contribution in [3.63, 3.8) is 0 Å². The van der Waals surface area contributed by atoms with E-state index in [4.69, 9.17) is 16.3 Å². The molecule has 0 spiro atoms. The number of hydrogen-bond donors (Lipinski definition) is 0. The van der Waals surface area contributed by atoms with Crippen LogP contribution in [0.5, 0.6) is 5.75 Å². The molecule has 24 heavy (non-hydrogen) atoms. The average molecular weight is 368 g/mol. The number of hydrogen-bond acceptors (Lipinski definition) is 4. The smallest absolute Gasteiger partial charge is 0.243 e. The van der Waals surface area contributed by atoms with Crippen molar-refractivity contribution >= 4 is 27.4 Å². The Labute approximate surface area is 146 Å². The molecule has 0 aliphatic carbocycles. The quantitative estimate of drug-likeness (QED) is 0.734. The van der Waals surface area contributed by atoms with Gasteiger partial charge in [-0.1, -0.05) is 23.7 Å². The molecule has 128 valence electrons. The van der Waals surface area contributed by atoms with Crippen molar-refractivity contribution in [3.8, 4) is 5.75 Å². The Kier molecular flexibility index (Phi) is 5.64. The number of carbonyl (C=O) groups is 1. The Balaban J connectivity index is 2.35. The molecule has 0 aliphatic heterocycles. The number of methoxy groups -OCH3 is 1. The van der Waals surface area contributed by atoms with E-state index in [1.165, 1.54) is 37.5 Å². The van der Waals surface area contributed by atoms with Crippen LogP contribution in [0.2, 0.25) is 5.02 Å². The van der Waals surface area contributed by atoms with Crippen LogP contribution >= 0.6 is 11.6 Å². The minimum Gasteiger partial charge on any atom is -0.496 e. The molecule has 2 rings (SSSR count). The van der Waals surface area contributed by atoms with Gasteiger partial charge in [-0.15, -0.1) is 0 Å². The van der Waals surface area contributed by atoms with Gasteiger partial charge >= 0.3 is 0 Å². The van der Waals surface area contributed by atoms with Gasteiger partial charge < -0.3 is 4.74 Å². The van der Waals surface area contributed by atoms with E-state index in [0.29, 0.717) is 21.9 Å². The van der Waals surface area contributed by atoms with Gasteiger partial charge in [0.15, 0.2) is 5.78 Å². The van der Waals surface area contributed by atoms with Gasteiger partial charge in [0.25, 0.3) is 0 Å². The summed E-state index contributed by atoms with van der Waals surface area (Å²) in [5.74, 6) is 0.366. The van der Waals surface area contributed by atoms with E-state index in [0.717, 1.165) is 0 Å². The van der Waals surface area contributed by atoms with Crippen LogP contribution in [0.15, 0.2) is 47.4 Å². The first-order valence-electron chi connectivity index (χ1n) is 7.15. The number of rotatable bonds is 6. The van der Waals surface area contributed by atoms with Gasteiger partial charge in [0.1, 0.15) is 5.75 Å². The second-order valence-corrected chi connectivity index (χ2v) is 7.78. The lowest BCUT2D eigenvalue weighted by Gasteiger charge is -2.19. The van der Waals surface area contributed by atoms with E-state index in [-0.39, 0.29) is 17.2 Å². The third-order valence-electron chi connectivity index (χ3n) is 3.58. The van der Waals surface area contributed by atoms with Gasteiger partial charge in [0.2, 0.25) is 10.0 Å². The monoisotopic (exact) mass is 367 g/mol. The van der Waals surface area contributed by atoms with Gasteiger partial charge in [-0.2, -0.15) is 4.31 Å². The van der Waals surface area contributed by atoms with Crippen LogP contribution in [0.3, 0.4) is 0 Å². The van der Waals surface area contributed by atoms with E-state index in [2.05, 4.69) is 0 Å². The number of benzene rings is 2. The van der Waals surface area contributed by atoms with Gasteiger partial charge in [-0.25, -0.2) is 8.42 Å². The zero-order valence-electron chi connectivity index (χ0n) is 13.6. The summed E-state index contributed by atoms with van der Waals surface area (Å²) < 4.78 is 31.9. The van der Waals surface area contributed by atoms with Crippen LogP contribution in [0.4, 0.5) is 0 Å². The molecule has 0 heterocycles. The topological polar surface area (TPSA) is 63.7 Å². The predicted molar refractivity (Wildman–Crippen MR) is 93.1 cm³/mol. The fourth-order valence-corrected chi connectivity index (χ4v) is 3.64. The number of ether oxygens (including phenoxy) is 1. The van der Waals surface area contributed by atoms with Crippen molar-refractivity contribution in [3.05, 3.63) is 58.6 Å². The van der Waals surface area contributed by atoms with Crippen LogP contribution in [-0.4, -0.2) is 32.7 Å². The number of nitrogens with zero attached hydrogens (tertiary/aromatic N) is 1. The molecule has 0 saturated heterocycles. The molecule has 0 aliphatic rings. The lowest BCUT2D eigenvalue weighted by Crippen LogP contribution is -2.26. The largest absolute Gasteiger partial charge is 0.496 e. The fraction of sp³-hybridized carbons (Fsp3) is 0.235. The zero-order chi connectivity index (χ0) is 17.9. The number of ketones is 1. The molecule has 5 nitrogen and oxygen atoms in total. The molecule has 0 fully saturated rings. The minimum atomic E-state index is -3.75. The first-order chi connectivity index (χ1) is 11.3. The fourth-order valence-electron chi connectivity index (χ4n) is 2.25. The van der Waals surface area contributed by atoms with Crippen molar-refractivity contribution in [1.29, 1.82) is 0 Å². The van der Waals surface area contributed by atoms with E-state index >= 15 is 0 Å². The average Bonchev–Trinajstić information content (AvgIpc) is 2.55. The zero-order valence-corrected chi connectivity index (χ0v) is 15.2. The first kappa shape index (κ1) is 18.4. The molecule has 0 N–H and O–H groups in total. The lowest BCUT2D eigenvalue weighted by atomic mass is 10.2. The standard InChI is InChI=1S/C17H18ClNO4S/c1-12(20)13-5-4-6-16(10-13)24(21,22)19(2)11-14-9-15(18)7-8-17(14)23-3/h4-10H,11H2,1-3H3. The molecule has 0 bridgehead atoms. The number of Topliss-reactive ketones (excluding diaryl/α,β-unsaturated/α-hetero) is 1.